The Kier molecular flexibility index (Phi) is 18.5. The van der Waals surface area contributed by atoms with E-state index in [1.165, 1.54) is 222 Å². The van der Waals surface area contributed by atoms with Crippen LogP contribution in [0.4, 0.5) is 0 Å². The Labute approximate surface area is 324 Å². The lowest BCUT2D eigenvalue weighted by Crippen LogP contribution is -2.86. The number of hydrogen-bond donors (Lipinski definition) is 2. The van der Waals surface area contributed by atoms with Gasteiger partial charge in [-0.15, -0.1) is 23.5 Å². The van der Waals surface area contributed by atoms with Crippen LogP contribution in [0.25, 0.3) is 0 Å². The van der Waals surface area contributed by atoms with Crippen molar-refractivity contribution in [3.8, 4) is 0 Å². The first-order chi connectivity index (χ1) is 24.7. The third kappa shape index (κ3) is 13.5. The Morgan fingerprint density at radius 2 is 0.780 bits per heavy atom. The van der Waals surface area contributed by atoms with Gasteiger partial charge in [-0.2, -0.15) is 0 Å². The molecule has 2 nitrogen and oxygen atoms in total. The van der Waals surface area contributed by atoms with Crippen LogP contribution in [0.5, 0.6) is 0 Å². The van der Waals surface area contributed by atoms with E-state index >= 15 is 0 Å². The van der Waals surface area contributed by atoms with Gasteiger partial charge in [0.1, 0.15) is 3.53 Å². The predicted octanol–water partition coefficient (Wildman–Crippen LogP) is 11.3. The molecule has 0 aromatic rings. The van der Waals surface area contributed by atoms with Crippen LogP contribution >= 0.6 is 35.7 Å². The molecular weight excluding hydrogens is 665 g/mol. The molecule has 0 aromatic heterocycles. The maximum absolute atomic E-state index is 6.61. The Hall–Kier alpha value is 0.710. The Morgan fingerprint density at radius 1 is 0.440 bits per heavy atom. The topological polar surface area (TPSA) is 33.2 Å². The molecule has 288 valence electrons. The number of thiocarbonyl (C=S) groups is 1. The Balaban J connectivity index is 1.13. The smallest absolute Gasteiger partial charge is 0.104 e. The van der Waals surface area contributed by atoms with Crippen molar-refractivity contribution in [1.29, 1.82) is 0 Å². The van der Waals surface area contributed by atoms with Crippen molar-refractivity contribution in [3.63, 3.8) is 0 Å². The first kappa shape index (κ1) is 40.4. The van der Waals surface area contributed by atoms with Crippen LogP contribution in [0.15, 0.2) is 0 Å². The second-order valence-electron chi connectivity index (χ2n) is 18.9. The average molecular weight is 747 g/mol. The Bertz CT molecular complexity index is 835. The molecule has 0 spiro atoms. The highest BCUT2D eigenvalue weighted by molar-refractivity contribution is 8.47. The van der Waals surface area contributed by atoms with Crippen LogP contribution in [0.3, 0.4) is 0 Å². The normalized spacial score (nSPS) is 27.5. The standard InChI is InChI=1S/C45H80N2S3/c48-45(49-43(39-17-9-3-10-18-39)33-41(37-25-29-46-30-26-37)23-21-35-13-5-1-6-14-35)50-44(40-19-11-4-12-20-40)34-42(38-27-31-47-32-28-38)24-22-36-15-7-2-8-16-36/h35-44,46-47H,1-34H2/p+2. The first-order valence-corrected chi connectivity index (χ1v) is 25.4. The van der Waals surface area contributed by atoms with Gasteiger partial charge in [-0.05, 0) is 124 Å². The van der Waals surface area contributed by atoms with E-state index in [1.807, 2.05) is 0 Å². The van der Waals surface area contributed by atoms with Crippen LogP contribution in [-0.4, -0.2) is 40.2 Å². The lowest BCUT2D eigenvalue weighted by Gasteiger charge is -2.38. The fourth-order valence-corrected chi connectivity index (χ4v) is 16.2. The number of nitrogens with two attached hydrogens (primary N) is 2. The van der Waals surface area contributed by atoms with Gasteiger partial charge in [0.15, 0.2) is 0 Å². The van der Waals surface area contributed by atoms with Gasteiger partial charge < -0.3 is 10.6 Å². The number of thioether (sulfide) groups is 2. The predicted molar refractivity (Wildman–Crippen MR) is 225 cm³/mol. The minimum absolute atomic E-state index is 0.778. The van der Waals surface area contributed by atoms with Crippen LogP contribution in [0.2, 0.25) is 0 Å². The highest BCUT2D eigenvalue weighted by Crippen LogP contribution is 2.47. The van der Waals surface area contributed by atoms with Gasteiger partial charge in [0.2, 0.25) is 0 Å². The molecular formula is C45H82N2S3+2. The van der Waals surface area contributed by atoms with E-state index in [-0.39, 0.29) is 0 Å². The van der Waals surface area contributed by atoms with Crippen molar-refractivity contribution in [3.05, 3.63) is 0 Å². The summed E-state index contributed by atoms with van der Waals surface area (Å²) < 4.78 is 1.38. The first-order valence-electron chi connectivity index (χ1n) is 23.2. The molecule has 0 radical (unpaired) electrons. The van der Waals surface area contributed by atoms with Crippen molar-refractivity contribution >= 4 is 39.3 Å². The van der Waals surface area contributed by atoms with Crippen molar-refractivity contribution in [2.45, 2.75) is 203 Å². The summed E-state index contributed by atoms with van der Waals surface area (Å²) in [4.78, 5) is 0. The van der Waals surface area contributed by atoms with Crippen molar-refractivity contribution in [2.75, 3.05) is 26.2 Å². The summed E-state index contributed by atoms with van der Waals surface area (Å²) in [5.74, 6) is 7.72. The molecule has 4 unspecified atom stereocenters. The molecule has 2 aliphatic heterocycles. The molecule has 6 fully saturated rings. The molecule has 2 saturated heterocycles. The van der Waals surface area contributed by atoms with Crippen LogP contribution in [-0.2, 0) is 0 Å². The van der Waals surface area contributed by atoms with Crippen molar-refractivity contribution in [1.82, 2.24) is 0 Å². The largest absolute Gasteiger partial charge is 0.346 e. The number of quaternary nitrogens is 2. The number of hydrogen-bond acceptors (Lipinski definition) is 3. The molecule has 2 heterocycles. The third-order valence-corrected chi connectivity index (χ3v) is 18.9. The van der Waals surface area contributed by atoms with Crippen LogP contribution < -0.4 is 10.6 Å². The van der Waals surface area contributed by atoms with E-state index in [0.717, 1.165) is 57.8 Å². The molecule has 0 aromatic carbocycles. The lowest BCUT2D eigenvalue weighted by molar-refractivity contribution is -0.665. The minimum atomic E-state index is 0.778. The monoisotopic (exact) mass is 747 g/mol. The van der Waals surface area contributed by atoms with E-state index in [9.17, 15) is 0 Å². The molecule has 6 aliphatic rings. The number of piperidine rings is 2. The second-order valence-corrected chi connectivity index (χ2v) is 22.6. The Morgan fingerprint density at radius 3 is 1.14 bits per heavy atom. The molecule has 4 atom stereocenters. The summed E-state index contributed by atoms with van der Waals surface area (Å²) in [5, 5.41) is 6.77. The molecule has 4 saturated carbocycles. The fraction of sp³-hybridized carbons (Fsp3) is 0.978. The summed E-state index contributed by atoms with van der Waals surface area (Å²) in [6.07, 6.45) is 44.8. The summed E-state index contributed by atoms with van der Waals surface area (Å²) in [7, 11) is 0. The number of rotatable bonds is 16. The molecule has 6 rings (SSSR count). The molecule has 4 aliphatic carbocycles. The lowest BCUT2D eigenvalue weighted by atomic mass is 9.74. The van der Waals surface area contributed by atoms with E-state index in [4.69, 9.17) is 12.2 Å². The third-order valence-electron chi connectivity index (χ3n) is 15.6. The van der Waals surface area contributed by atoms with E-state index in [0.29, 0.717) is 0 Å². The van der Waals surface area contributed by atoms with Gasteiger partial charge >= 0.3 is 0 Å². The van der Waals surface area contributed by atoms with Gasteiger partial charge in [0.05, 0.1) is 26.2 Å². The van der Waals surface area contributed by atoms with Gasteiger partial charge in [0, 0.05) is 10.5 Å². The summed E-state index contributed by atoms with van der Waals surface area (Å²) >= 11 is 11.2. The van der Waals surface area contributed by atoms with E-state index < -0.39 is 0 Å². The minimum Gasteiger partial charge on any atom is -0.346 e. The van der Waals surface area contributed by atoms with Gasteiger partial charge in [-0.3, -0.25) is 0 Å². The zero-order chi connectivity index (χ0) is 34.2. The van der Waals surface area contributed by atoms with Gasteiger partial charge in [0.25, 0.3) is 0 Å². The van der Waals surface area contributed by atoms with Crippen molar-refractivity contribution < 1.29 is 10.6 Å². The maximum atomic E-state index is 6.61. The average Bonchev–Trinajstić information content (AvgIpc) is 3.19. The van der Waals surface area contributed by atoms with E-state index in [1.54, 1.807) is 0 Å². The molecule has 4 N–H and O–H groups in total. The van der Waals surface area contributed by atoms with Gasteiger partial charge in [-0.25, -0.2) is 0 Å². The SMILES string of the molecule is S=C(SC(CC(CCC1CCCCC1)C1CC[NH2+]CC1)C1CCCCC1)SC(CC(CCC1CCCCC1)C1CC[NH2+]CC1)C1CCCCC1. The zero-order valence-electron chi connectivity index (χ0n) is 32.7. The molecule has 0 bridgehead atoms. The van der Waals surface area contributed by atoms with E-state index in [2.05, 4.69) is 34.2 Å². The zero-order valence-corrected chi connectivity index (χ0v) is 35.1. The summed E-state index contributed by atoms with van der Waals surface area (Å²) in [6, 6.07) is 0. The molecule has 50 heavy (non-hydrogen) atoms. The van der Waals surface area contributed by atoms with Crippen LogP contribution in [0, 0.1) is 47.3 Å². The maximum Gasteiger partial charge on any atom is 0.104 e. The highest BCUT2D eigenvalue weighted by atomic mass is 32.2. The fourth-order valence-electron chi connectivity index (χ4n) is 12.3. The molecule has 5 heteroatoms. The molecule has 0 amide bonds. The summed E-state index contributed by atoms with van der Waals surface area (Å²) in [5.41, 5.74) is 0. The van der Waals surface area contributed by atoms with Crippen LogP contribution in [0.1, 0.15) is 193 Å². The quantitative estimate of drug-likeness (QED) is 0.154. The van der Waals surface area contributed by atoms with Crippen molar-refractivity contribution in [2.24, 2.45) is 47.3 Å². The summed E-state index contributed by atoms with van der Waals surface area (Å²) in [6.45, 7) is 5.52. The van der Waals surface area contributed by atoms with Gasteiger partial charge in [-0.1, -0.05) is 128 Å². The highest BCUT2D eigenvalue weighted by Gasteiger charge is 2.36. The second kappa shape index (κ2) is 22.9.